The highest BCUT2D eigenvalue weighted by molar-refractivity contribution is 7.11. The summed E-state index contributed by atoms with van der Waals surface area (Å²) in [6.45, 7) is 10.2. The van der Waals surface area contributed by atoms with Gasteiger partial charge in [-0.25, -0.2) is 9.67 Å². The largest absolute Gasteiger partial charge is 0.298 e. The summed E-state index contributed by atoms with van der Waals surface area (Å²) in [5.41, 5.74) is 1.20. The summed E-state index contributed by atoms with van der Waals surface area (Å²) in [6, 6.07) is 0.343. The Bertz CT molecular complexity index is 561. The molecule has 2 aromatic rings. The molecule has 0 unspecified atom stereocenters. The van der Waals surface area contributed by atoms with E-state index in [1.807, 2.05) is 11.6 Å². The molecule has 6 nitrogen and oxygen atoms in total. The molecule has 0 amide bonds. The molecular weight excluding hydrogens is 272 g/mol. The van der Waals surface area contributed by atoms with E-state index in [0.29, 0.717) is 6.04 Å². The summed E-state index contributed by atoms with van der Waals surface area (Å²) in [5.74, 6) is 0.867. The van der Waals surface area contributed by atoms with Crippen LogP contribution in [0.2, 0.25) is 0 Å². The number of tetrazole rings is 1. The average molecular weight is 294 g/mol. The average Bonchev–Trinajstić information content (AvgIpc) is 2.94. The maximum atomic E-state index is 4.64. The quantitative estimate of drug-likeness (QED) is 0.817. The minimum atomic E-state index is 0.343. The van der Waals surface area contributed by atoms with Crippen molar-refractivity contribution in [2.24, 2.45) is 0 Å². The van der Waals surface area contributed by atoms with E-state index < -0.39 is 0 Å². The molecule has 0 radical (unpaired) electrons. The highest BCUT2D eigenvalue weighted by atomic mass is 32.1. The van der Waals surface area contributed by atoms with Gasteiger partial charge in [0.1, 0.15) is 5.82 Å². The van der Waals surface area contributed by atoms with Crippen molar-refractivity contribution >= 4 is 11.3 Å². The summed E-state index contributed by atoms with van der Waals surface area (Å²) in [7, 11) is 2.14. The third-order valence-electron chi connectivity index (χ3n) is 3.59. The Kier molecular flexibility index (Phi) is 4.82. The van der Waals surface area contributed by atoms with Crippen molar-refractivity contribution in [3.05, 3.63) is 21.4 Å². The zero-order chi connectivity index (χ0) is 14.7. The van der Waals surface area contributed by atoms with Gasteiger partial charge in [-0.3, -0.25) is 4.90 Å². The second kappa shape index (κ2) is 6.41. The normalized spacial score (nSPS) is 13.1. The summed E-state index contributed by atoms with van der Waals surface area (Å²) >= 11 is 1.77. The van der Waals surface area contributed by atoms with Crippen molar-refractivity contribution in [1.29, 1.82) is 0 Å². The molecule has 0 aromatic carbocycles. The number of aryl methyl sites for hydroxylation is 4. The zero-order valence-corrected chi connectivity index (χ0v) is 13.6. The van der Waals surface area contributed by atoms with Crippen molar-refractivity contribution in [2.45, 2.75) is 46.7 Å². The number of rotatable bonds is 6. The molecule has 2 heterocycles. The maximum Gasteiger partial charge on any atom is 0.148 e. The maximum absolute atomic E-state index is 4.64. The van der Waals surface area contributed by atoms with Crippen LogP contribution in [-0.4, -0.2) is 43.7 Å². The third-order valence-corrected chi connectivity index (χ3v) is 4.49. The topological polar surface area (TPSA) is 59.7 Å². The number of hydrogen-bond acceptors (Lipinski definition) is 6. The fourth-order valence-corrected chi connectivity index (χ4v) is 3.17. The van der Waals surface area contributed by atoms with Crippen LogP contribution in [0.1, 0.15) is 40.8 Å². The Morgan fingerprint density at radius 3 is 2.60 bits per heavy atom. The summed E-state index contributed by atoms with van der Waals surface area (Å²) in [6.07, 6.45) is 1.02. The number of nitrogens with zero attached hydrogens (tertiary/aromatic N) is 6. The summed E-state index contributed by atoms with van der Waals surface area (Å²) in [5, 5.41) is 12.6. The van der Waals surface area contributed by atoms with Crippen LogP contribution in [0.3, 0.4) is 0 Å². The lowest BCUT2D eigenvalue weighted by molar-refractivity contribution is 0.247. The first-order valence-corrected chi connectivity index (χ1v) is 7.67. The van der Waals surface area contributed by atoms with Gasteiger partial charge in [0, 0.05) is 18.0 Å². The fraction of sp³-hybridized carbons (Fsp3) is 0.692. The van der Waals surface area contributed by atoms with Crippen LogP contribution in [0.15, 0.2) is 0 Å². The van der Waals surface area contributed by atoms with Crippen molar-refractivity contribution < 1.29 is 0 Å². The molecular formula is C13H22N6S. The fourth-order valence-electron chi connectivity index (χ4n) is 2.26. The van der Waals surface area contributed by atoms with E-state index in [0.717, 1.165) is 30.3 Å². The summed E-state index contributed by atoms with van der Waals surface area (Å²) < 4.78 is 1.84. The Labute approximate surface area is 123 Å². The van der Waals surface area contributed by atoms with Crippen molar-refractivity contribution in [1.82, 2.24) is 30.1 Å². The highest BCUT2D eigenvalue weighted by Gasteiger charge is 2.17. The molecule has 110 valence electrons. The van der Waals surface area contributed by atoms with E-state index in [1.165, 1.54) is 10.6 Å². The molecule has 0 aliphatic heterocycles. The van der Waals surface area contributed by atoms with Crippen LogP contribution in [0.25, 0.3) is 0 Å². The van der Waals surface area contributed by atoms with Gasteiger partial charge in [-0.05, 0) is 51.6 Å². The standard InChI is InChI=1S/C13H22N6S/c1-9(13-10(2)20-12(4)14-13)18(5)7-6-8-19-11(3)15-16-17-19/h9H,6-8H2,1-5H3/t9-/m0/s1. The number of hydrogen-bond donors (Lipinski definition) is 0. The van der Waals surface area contributed by atoms with Gasteiger partial charge in [0.25, 0.3) is 0 Å². The minimum absolute atomic E-state index is 0.343. The second-order valence-electron chi connectivity index (χ2n) is 5.13. The lowest BCUT2D eigenvalue weighted by Gasteiger charge is -2.23. The van der Waals surface area contributed by atoms with Crippen LogP contribution in [0.4, 0.5) is 0 Å². The Morgan fingerprint density at radius 2 is 2.05 bits per heavy atom. The van der Waals surface area contributed by atoms with Crippen LogP contribution in [-0.2, 0) is 6.54 Å². The van der Waals surface area contributed by atoms with Crippen molar-refractivity contribution in [2.75, 3.05) is 13.6 Å². The minimum Gasteiger partial charge on any atom is -0.298 e. The molecule has 1 atom stereocenters. The number of thiazole rings is 1. The Morgan fingerprint density at radius 1 is 1.30 bits per heavy atom. The van der Waals surface area contributed by atoms with E-state index in [4.69, 9.17) is 0 Å². The van der Waals surface area contributed by atoms with Gasteiger partial charge >= 0.3 is 0 Å². The van der Waals surface area contributed by atoms with E-state index in [2.05, 4.69) is 53.2 Å². The molecule has 0 N–H and O–H groups in total. The zero-order valence-electron chi connectivity index (χ0n) is 12.8. The first-order valence-electron chi connectivity index (χ1n) is 6.86. The number of aromatic nitrogens is 5. The van der Waals surface area contributed by atoms with Crippen molar-refractivity contribution in [3.63, 3.8) is 0 Å². The molecule has 0 aliphatic rings. The van der Waals surface area contributed by atoms with Gasteiger partial charge in [0.2, 0.25) is 0 Å². The molecule has 0 saturated carbocycles. The van der Waals surface area contributed by atoms with Crippen LogP contribution in [0, 0.1) is 20.8 Å². The Balaban J connectivity index is 1.87. The molecule has 0 spiro atoms. The van der Waals surface area contributed by atoms with Gasteiger partial charge in [0.05, 0.1) is 16.7 Å². The molecule has 0 saturated heterocycles. The molecule has 0 fully saturated rings. The second-order valence-corrected chi connectivity index (χ2v) is 6.54. The van der Waals surface area contributed by atoms with Gasteiger partial charge in [-0.1, -0.05) is 0 Å². The molecule has 0 aliphatic carbocycles. The SMILES string of the molecule is Cc1nc([C@H](C)N(C)CCCn2nnnc2C)c(C)s1. The smallest absolute Gasteiger partial charge is 0.148 e. The van der Waals surface area contributed by atoms with Crippen LogP contribution in [0.5, 0.6) is 0 Å². The van der Waals surface area contributed by atoms with Crippen LogP contribution < -0.4 is 0 Å². The highest BCUT2D eigenvalue weighted by Crippen LogP contribution is 2.25. The molecule has 0 bridgehead atoms. The van der Waals surface area contributed by atoms with Gasteiger partial charge in [0.15, 0.2) is 0 Å². The Hall–Kier alpha value is -1.34. The lowest BCUT2D eigenvalue weighted by atomic mass is 10.2. The molecule has 2 aromatic heterocycles. The van der Waals surface area contributed by atoms with Crippen LogP contribution >= 0.6 is 11.3 Å². The lowest BCUT2D eigenvalue weighted by Crippen LogP contribution is -2.25. The van der Waals surface area contributed by atoms with Crippen molar-refractivity contribution in [3.8, 4) is 0 Å². The summed E-state index contributed by atoms with van der Waals surface area (Å²) in [4.78, 5) is 8.29. The van der Waals surface area contributed by atoms with Gasteiger partial charge in [-0.15, -0.1) is 16.4 Å². The van der Waals surface area contributed by atoms with E-state index in [-0.39, 0.29) is 0 Å². The molecule has 2 rings (SSSR count). The van der Waals surface area contributed by atoms with Gasteiger partial charge < -0.3 is 0 Å². The first-order chi connectivity index (χ1) is 9.49. The van der Waals surface area contributed by atoms with E-state index in [9.17, 15) is 0 Å². The third kappa shape index (κ3) is 3.40. The monoisotopic (exact) mass is 294 g/mol. The van der Waals surface area contributed by atoms with E-state index in [1.54, 1.807) is 11.3 Å². The first kappa shape index (κ1) is 15.1. The molecule has 20 heavy (non-hydrogen) atoms. The van der Waals surface area contributed by atoms with Gasteiger partial charge in [-0.2, -0.15) is 0 Å². The van der Waals surface area contributed by atoms with E-state index >= 15 is 0 Å². The predicted molar refractivity (Wildman–Crippen MR) is 79.8 cm³/mol. The predicted octanol–water partition coefficient (Wildman–Crippen LogP) is 2.14. The molecule has 7 heteroatoms.